The molecule has 1 heterocycles. The molecule has 2 aromatic rings. The van der Waals surface area contributed by atoms with E-state index in [0.29, 0.717) is 30.9 Å². The predicted octanol–water partition coefficient (Wildman–Crippen LogP) is 4.80. The lowest BCUT2D eigenvalue weighted by Gasteiger charge is -2.36. The molecule has 1 unspecified atom stereocenters. The number of carboxylic acid groups (broad SMARTS) is 1. The molecule has 1 atom stereocenters. The lowest BCUT2D eigenvalue weighted by atomic mass is 10.0. The number of aromatic nitrogens is 1. The van der Waals surface area contributed by atoms with E-state index in [0.717, 1.165) is 11.3 Å². The van der Waals surface area contributed by atoms with E-state index in [1.807, 2.05) is 24.3 Å². The first kappa shape index (κ1) is 23.0. The fourth-order valence-electron chi connectivity index (χ4n) is 2.61. The molecule has 0 radical (unpaired) electrons. The molecular formula is C21H32N2O5Si. The topological polar surface area (TPSA) is 93.8 Å². The minimum absolute atomic E-state index is 0.147. The fraction of sp³-hybridized carbons (Fsp3) is 0.524. The number of hydrogen-bond donors (Lipinski definition) is 2. The summed E-state index contributed by atoms with van der Waals surface area (Å²) in [7, 11) is -0.210. The molecule has 0 saturated heterocycles. The predicted molar refractivity (Wildman–Crippen MR) is 114 cm³/mol. The van der Waals surface area contributed by atoms with Crippen molar-refractivity contribution in [1.82, 2.24) is 10.5 Å². The van der Waals surface area contributed by atoms with Crippen LogP contribution in [0.25, 0.3) is 0 Å². The number of nitrogens with one attached hydrogen (secondary N) is 1. The van der Waals surface area contributed by atoms with E-state index in [9.17, 15) is 9.90 Å². The van der Waals surface area contributed by atoms with Gasteiger partial charge in [-0.3, -0.25) is 0 Å². The van der Waals surface area contributed by atoms with Crippen LogP contribution in [0.15, 0.2) is 34.9 Å². The Hall–Kier alpha value is -2.32. The van der Waals surface area contributed by atoms with Crippen molar-refractivity contribution in [3.63, 3.8) is 0 Å². The monoisotopic (exact) mass is 420 g/mol. The van der Waals surface area contributed by atoms with Gasteiger partial charge in [-0.15, -0.1) is 0 Å². The van der Waals surface area contributed by atoms with Crippen LogP contribution in [0.4, 0.5) is 4.79 Å². The van der Waals surface area contributed by atoms with E-state index in [4.69, 9.17) is 13.7 Å². The molecule has 1 amide bonds. The zero-order valence-electron chi connectivity index (χ0n) is 18.1. The Morgan fingerprint density at radius 3 is 2.48 bits per heavy atom. The Kier molecular flexibility index (Phi) is 7.48. The van der Waals surface area contributed by atoms with E-state index in [1.54, 1.807) is 13.2 Å². The van der Waals surface area contributed by atoms with Gasteiger partial charge in [-0.25, -0.2) is 4.79 Å². The smallest absolute Gasteiger partial charge is 0.405 e. The van der Waals surface area contributed by atoms with Crippen LogP contribution >= 0.6 is 0 Å². The van der Waals surface area contributed by atoms with E-state index in [2.05, 4.69) is 44.3 Å². The molecule has 1 aromatic carbocycles. The average Bonchev–Trinajstić information content (AvgIpc) is 3.09. The lowest BCUT2D eigenvalue weighted by Crippen LogP contribution is -2.41. The maximum Gasteiger partial charge on any atom is 0.405 e. The molecule has 0 spiro atoms. The number of methoxy groups -OCH3 is 1. The Balaban J connectivity index is 2.03. The van der Waals surface area contributed by atoms with Gasteiger partial charge in [-0.05, 0) is 42.2 Å². The van der Waals surface area contributed by atoms with Crippen LogP contribution in [-0.4, -0.2) is 38.4 Å². The van der Waals surface area contributed by atoms with Gasteiger partial charge in [-0.1, -0.05) is 38.1 Å². The van der Waals surface area contributed by atoms with Crippen LogP contribution in [0.5, 0.6) is 5.75 Å². The first-order chi connectivity index (χ1) is 13.5. The summed E-state index contributed by atoms with van der Waals surface area (Å²) in [5.74, 6) is 1.44. The van der Waals surface area contributed by atoms with Crippen LogP contribution in [0, 0.1) is 0 Å². The Morgan fingerprint density at radius 2 is 1.93 bits per heavy atom. The number of benzene rings is 1. The van der Waals surface area contributed by atoms with Gasteiger partial charge in [0.2, 0.25) is 0 Å². The van der Waals surface area contributed by atoms with E-state index in [1.165, 1.54) is 0 Å². The summed E-state index contributed by atoms with van der Waals surface area (Å²) in [5.41, 5.74) is 1.53. The molecule has 7 nitrogen and oxygen atoms in total. The molecule has 0 aliphatic rings. The Bertz CT molecular complexity index is 796. The van der Waals surface area contributed by atoms with Crippen molar-refractivity contribution in [1.29, 1.82) is 0 Å². The van der Waals surface area contributed by atoms with Crippen molar-refractivity contribution in [2.24, 2.45) is 0 Å². The molecule has 0 saturated carbocycles. The quantitative estimate of drug-likeness (QED) is 0.566. The summed E-state index contributed by atoms with van der Waals surface area (Å²) in [6.07, 6.45) is -0.0424. The average molecular weight is 421 g/mol. The van der Waals surface area contributed by atoms with Crippen molar-refractivity contribution in [3.8, 4) is 5.75 Å². The zero-order chi connectivity index (χ0) is 21.7. The van der Waals surface area contributed by atoms with Gasteiger partial charge >= 0.3 is 6.09 Å². The standard InChI is InChI=1S/C21H32N2O5Si/c1-21(2,3)29(5,6)27-12-11-17-14-19(23-28-17)18(22-20(24)25)13-15-7-9-16(26-4)10-8-15/h7-10,14,18,22H,11-13H2,1-6H3,(H,24,25). The summed E-state index contributed by atoms with van der Waals surface area (Å²) in [6.45, 7) is 11.6. The highest BCUT2D eigenvalue weighted by Gasteiger charge is 2.37. The van der Waals surface area contributed by atoms with Gasteiger partial charge < -0.3 is 24.1 Å². The third-order valence-electron chi connectivity index (χ3n) is 5.45. The second-order valence-electron chi connectivity index (χ2n) is 8.63. The first-order valence-electron chi connectivity index (χ1n) is 9.73. The molecule has 0 aliphatic carbocycles. The summed E-state index contributed by atoms with van der Waals surface area (Å²) in [4.78, 5) is 11.3. The second-order valence-corrected chi connectivity index (χ2v) is 13.4. The fourth-order valence-corrected chi connectivity index (χ4v) is 3.66. The minimum Gasteiger partial charge on any atom is -0.497 e. The van der Waals surface area contributed by atoms with Gasteiger partial charge in [0.1, 0.15) is 17.2 Å². The summed E-state index contributed by atoms with van der Waals surface area (Å²) >= 11 is 0. The molecular weight excluding hydrogens is 388 g/mol. The maximum atomic E-state index is 11.3. The molecule has 0 fully saturated rings. The Morgan fingerprint density at radius 1 is 1.28 bits per heavy atom. The zero-order valence-corrected chi connectivity index (χ0v) is 19.1. The number of amides is 1. The molecule has 0 aliphatic heterocycles. The lowest BCUT2D eigenvalue weighted by molar-refractivity contribution is 0.189. The maximum absolute atomic E-state index is 11.3. The molecule has 2 rings (SSSR count). The molecule has 29 heavy (non-hydrogen) atoms. The molecule has 1 aromatic heterocycles. The van der Waals surface area contributed by atoms with Gasteiger partial charge in [0, 0.05) is 19.1 Å². The molecule has 0 bridgehead atoms. The van der Waals surface area contributed by atoms with Crippen molar-refractivity contribution in [2.45, 2.75) is 57.8 Å². The van der Waals surface area contributed by atoms with Crippen LogP contribution in [0.1, 0.15) is 43.8 Å². The van der Waals surface area contributed by atoms with Crippen molar-refractivity contribution in [2.75, 3.05) is 13.7 Å². The van der Waals surface area contributed by atoms with Crippen LogP contribution in [0.2, 0.25) is 18.1 Å². The number of nitrogens with zero attached hydrogens (tertiary/aromatic N) is 1. The summed E-state index contributed by atoms with van der Waals surface area (Å²) in [6, 6.07) is 8.81. The number of rotatable bonds is 9. The number of ether oxygens (including phenoxy) is 1. The Labute approximate surface area is 173 Å². The first-order valence-corrected chi connectivity index (χ1v) is 12.6. The molecule has 2 N–H and O–H groups in total. The highest BCUT2D eigenvalue weighted by atomic mass is 28.4. The van der Waals surface area contributed by atoms with E-state index >= 15 is 0 Å². The minimum atomic E-state index is -1.82. The van der Waals surface area contributed by atoms with Gasteiger partial charge in [0.25, 0.3) is 0 Å². The van der Waals surface area contributed by atoms with Crippen molar-refractivity contribution >= 4 is 14.4 Å². The van der Waals surface area contributed by atoms with Crippen LogP contribution in [-0.2, 0) is 17.3 Å². The van der Waals surface area contributed by atoms with Crippen molar-refractivity contribution < 1.29 is 23.6 Å². The van der Waals surface area contributed by atoms with Crippen LogP contribution < -0.4 is 10.1 Å². The second kappa shape index (κ2) is 9.45. The van der Waals surface area contributed by atoms with Crippen LogP contribution in [0.3, 0.4) is 0 Å². The summed E-state index contributed by atoms with van der Waals surface area (Å²) < 4.78 is 16.8. The highest BCUT2D eigenvalue weighted by Crippen LogP contribution is 2.36. The normalized spacial score (nSPS) is 13.2. The number of hydrogen-bond acceptors (Lipinski definition) is 5. The third kappa shape index (κ3) is 6.61. The highest BCUT2D eigenvalue weighted by molar-refractivity contribution is 6.74. The van der Waals surface area contributed by atoms with Crippen molar-refractivity contribution in [3.05, 3.63) is 47.3 Å². The molecule has 8 heteroatoms. The van der Waals surface area contributed by atoms with E-state index < -0.39 is 20.5 Å². The third-order valence-corrected chi connectivity index (χ3v) is 9.99. The summed E-state index contributed by atoms with van der Waals surface area (Å²) in [5, 5.41) is 16.0. The van der Waals surface area contributed by atoms with Gasteiger partial charge in [0.15, 0.2) is 8.32 Å². The molecule has 160 valence electrons. The SMILES string of the molecule is COc1ccc(CC(NC(=O)O)c2cc(CCO[Si](C)(C)C(C)(C)C)on2)cc1. The van der Waals surface area contributed by atoms with Gasteiger partial charge in [-0.2, -0.15) is 0 Å². The van der Waals surface area contributed by atoms with E-state index in [-0.39, 0.29) is 5.04 Å². The number of carbonyl (C=O) groups is 1. The van der Waals surface area contributed by atoms with Gasteiger partial charge in [0.05, 0.1) is 13.2 Å². The largest absolute Gasteiger partial charge is 0.497 e.